The van der Waals surface area contributed by atoms with Crippen molar-refractivity contribution in [2.75, 3.05) is 24.6 Å². The molecule has 0 atom stereocenters. The Balaban J connectivity index is 1.47. The van der Waals surface area contributed by atoms with Gasteiger partial charge < -0.3 is 19.5 Å². The van der Waals surface area contributed by atoms with Crippen molar-refractivity contribution in [1.82, 2.24) is 0 Å². The van der Waals surface area contributed by atoms with Gasteiger partial charge in [-0.05, 0) is 55.7 Å². The molecule has 1 aliphatic heterocycles. The van der Waals surface area contributed by atoms with Crippen molar-refractivity contribution in [2.24, 2.45) is 0 Å². The molecule has 140 valence electrons. The zero-order valence-electron chi connectivity index (χ0n) is 14.1. The second-order valence-corrected chi connectivity index (χ2v) is 6.09. The summed E-state index contributed by atoms with van der Waals surface area (Å²) in [4.78, 5) is 2.22. The number of halogens is 3. The standard InChI is InChI=1S/C19H20F3NO3/c20-19(21,22)26-15-9-7-14(8-10-15)25-13-3-12-23-11-2-4-16-17(23)5-1-6-18(16)24/h1,5-10,24H,2-4,11-13H2. The molecule has 1 aliphatic rings. The van der Waals surface area contributed by atoms with Gasteiger partial charge in [0.15, 0.2) is 0 Å². The predicted octanol–water partition coefficient (Wildman–Crippen LogP) is 4.51. The minimum atomic E-state index is -4.69. The predicted molar refractivity (Wildman–Crippen MR) is 91.9 cm³/mol. The molecule has 0 saturated heterocycles. The molecule has 0 bridgehead atoms. The minimum Gasteiger partial charge on any atom is -0.508 e. The third kappa shape index (κ3) is 4.74. The van der Waals surface area contributed by atoms with Crippen molar-refractivity contribution in [3.05, 3.63) is 48.0 Å². The van der Waals surface area contributed by atoms with Gasteiger partial charge in [-0.15, -0.1) is 13.2 Å². The third-order valence-corrected chi connectivity index (χ3v) is 4.22. The van der Waals surface area contributed by atoms with Gasteiger partial charge in [0, 0.05) is 24.3 Å². The highest BCUT2D eigenvalue weighted by atomic mass is 19.4. The molecule has 0 saturated carbocycles. The number of hydrogen-bond acceptors (Lipinski definition) is 4. The molecule has 2 aromatic carbocycles. The molecular weight excluding hydrogens is 347 g/mol. The highest BCUT2D eigenvalue weighted by Crippen LogP contribution is 2.33. The smallest absolute Gasteiger partial charge is 0.508 e. The number of hydrogen-bond donors (Lipinski definition) is 1. The molecule has 1 heterocycles. The highest BCUT2D eigenvalue weighted by Gasteiger charge is 2.31. The SMILES string of the molecule is Oc1cccc2c1CCCN2CCCOc1ccc(OC(F)(F)F)cc1. The fourth-order valence-electron chi connectivity index (χ4n) is 3.10. The van der Waals surface area contributed by atoms with Gasteiger partial charge in [-0.3, -0.25) is 0 Å². The Bertz CT molecular complexity index is 732. The first-order valence-corrected chi connectivity index (χ1v) is 8.47. The lowest BCUT2D eigenvalue weighted by molar-refractivity contribution is -0.274. The van der Waals surface area contributed by atoms with Crippen LogP contribution in [0.4, 0.5) is 18.9 Å². The Hall–Kier alpha value is -2.57. The van der Waals surface area contributed by atoms with Crippen LogP contribution in [-0.4, -0.2) is 31.2 Å². The number of phenolic OH excluding ortho intramolecular Hbond substituents is 1. The summed E-state index contributed by atoms with van der Waals surface area (Å²) in [7, 11) is 0. The van der Waals surface area contributed by atoms with Crippen LogP contribution in [-0.2, 0) is 6.42 Å². The van der Waals surface area contributed by atoms with Crippen molar-refractivity contribution < 1.29 is 27.8 Å². The van der Waals surface area contributed by atoms with Gasteiger partial charge >= 0.3 is 6.36 Å². The monoisotopic (exact) mass is 367 g/mol. The van der Waals surface area contributed by atoms with E-state index in [-0.39, 0.29) is 5.75 Å². The molecule has 26 heavy (non-hydrogen) atoms. The zero-order valence-corrected chi connectivity index (χ0v) is 14.1. The number of anilines is 1. The summed E-state index contributed by atoms with van der Waals surface area (Å²) < 4.78 is 45.8. The van der Waals surface area contributed by atoms with Crippen LogP contribution in [0.15, 0.2) is 42.5 Å². The molecule has 0 aromatic heterocycles. The number of rotatable bonds is 6. The number of ether oxygens (including phenoxy) is 2. The summed E-state index contributed by atoms with van der Waals surface area (Å²) in [6.07, 6.45) is -2.06. The molecule has 0 amide bonds. The van der Waals surface area contributed by atoms with E-state index in [0.29, 0.717) is 18.1 Å². The third-order valence-electron chi connectivity index (χ3n) is 4.22. The van der Waals surface area contributed by atoms with Crippen LogP contribution in [0.1, 0.15) is 18.4 Å². The van der Waals surface area contributed by atoms with E-state index in [2.05, 4.69) is 9.64 Å². The van der Waals surface area contributed by atoms with Gasteiger partial charge in [0.2, 0.25) is 0 Å². The molecule has 0 fully saturated rings. The number of fused-ring (bicyclic) bond motifs is 1. The maximum absolute atomic E-state index is 12.1. The first-order chi connectivity index (χ1) is 12.4. The van der Waals surface area contributed by atoms with E-state index >= 15 is 0 Å². The van der Waals surface area contributed by atoms with Crippen LogP contribution in [0.2, 0.25) is 0 Å². The lowest BCUT2D eigenvalue weighted by Gasteiger charge is -2.31. The molecule has 0 spiro atoms. The quantitative estimate of drug-likeness (QED) is 0.763. The van der Waals surface area contributed by atoms with Gasteiger partial charge in [0.05, 0.1) is 6.61 Å². The fourth-order valence-corrected chi connectivity index (χ4v) is 3.10. The summed E-state index contributed by atoms with van der Waals surface area (Å²) in [6, 6.07) is 10.9. The average Bonchev–Trinajstić information content (AvgIpc) is 2.59. The minimum absolute atomic E-state index is 0.269. The summed E-state index contributed by atoms with van der Waals surface area (Å²) in [5.74, 6) is 0.565. The van der Waals surface area contributed by atoms with Crippen molar-refractivity contribution in [2.45, 2.75) is 25.6 Å². The van der Waals surface area contributed by atoms with Crippen molar-refractivity contribution in [3.63, 3.8) is 0 Å². The summed E-state index contributed by atoms with van der Waals surface area (Å²) >= 11 is 0. The van der Waals surface area contributed by atoms with E-state index in [0.717, 1.165) is 43.6 Å². The van der Waals surface area contributed by atoms with E-state index in [1.165, 1.54) is 24.3 Å². The number of nitrogens with zero attached hydrogens (tertiary/aromatic N) is 1. The van der Waals surface area contributed by atoms with Crippen molar-refractivity contribution in [3.8, 4) is 17.2 Å². The Morgan fingerprint density at radius 1 is 1.04 bits per heavy atom. The molecule has 0 radical (unpaired) electrons. The first kappa shape index (κ1) is 18.2. The van der Waals surface area contributed by atoms with Gasteiger partial charge in [-0.2, -0.15) is 0 Å². The average molecular weight is 367 g/mol. The Labute approximate surface area is 149 Å². The van der Waals surface area contributed by atoms with Crippen molar-refractivity contribution >= 4 is 5.69 Å². The van der Waals surface area contributed by atoms with Crippen LogP contribution in [0.25, 0.3) is 0 Å². The number of benzene rings is 2. The van der Waals surface area contributed by atoms with E-state index in [4.69, 9.17) is 4.74 Å². The molecule has 4 nitrogen and oxygen atoms in total. The molecule has 2 aromatic rings. The van der Waals surface area contributed by atoms with Gasteiger partial charge in [-0.25, -0.2) is 0 Å². The number of phenols is 1. The van der Waals surface area contributed by atoms with Crippen LogP contribution in [0.3, 0.4) is 0 Å². The molecule has 1 N–H and O–H groups in total. The second kappa shape index (κ2) is 7.76. The molecule has 7 heteroatoms. The van der Waals surface area contributed by atoms with E-state index in [9.17, 15) is 18.3 Å². The number of alkyl halides is 3. The maximum atomic E-state index is 12.1. The van der Waals surface area contributed by atoms with Gasteiger partial charge in [0.25, 0.3) is 0 Å². The molecule has 0 aliphatic carbocycles. The Kier molecular flexibility index (Phi) is 5.44. The Morgan fingerprint density at radius 3 is 2.50 bits per heavy atom. The number of aromatic hydroxyl groups is 1. The summed E-state index contributed by atoms with van der Waals surface area (Å²) in [6.45, 7) is 2.16. The van der Waals surface area contributed by atoms with Crippen molar-refractivity contribution in [1.29, 1.82) is 0 Å². The van der Waals surface area contributed by atoms with Crippen LogP contribution in [0, 0.1) is 0 Å². The Morgan fingerprint density at radius 2 is 1.77 bits per heavy atom. The maximum Gasteiger partial charge on any atom is 0.573 e. The molecular formula is C19H20F3NO3. The lowest BCUT2D eigenvalue weighted by Crippen LogP contribution is -2.31. The summed E-state index contributed by atoms with van der Waals surface area (Å²) in [5.41, 5.74) is 2.05. The summed E-state index contributed by atoms with van der Waals surface area (Å²) in [5, 5.41) is 9.96. The van der Waals surface area contributed by atoms with Gasteiger partial charge in [-0.1, -0.05) is 6.07 Å². The second-order valence-electron chi connectivity index (χ2n) is 6.09. The largest absolute Gasteiger partial charge is 0.573 e. The van der Waals surface area contributed by atoms with Crippen LogP contribution in [0.5, 0.6) is 17.2 Å². The van der Waals surface area contributed by atoms with E-state index in [1.54, 1.807) is 6.07 Å². The topological polar surface area (TPSA) is 41.9 Å². The van der Waals surface area contributed by atoms with Crippen LogP contribution < -0.4 is 14.4 Å². The van der Waals surface area contributed by atoms with E-state index < -0.39 is 6.36 Å². The van der Waals surface area contributed by atoms with Gasteiger partial charge in [0.1, 0.15) is 17.2 Å². The first-order valence-electron chi connectivity index (χ1n) is 8.47. The van der Waals surface area contributed by atoms with E-state index in [1.807, 2.05) is 12.1 Å². The highest BCUT2D eigenvalue weighted by molar-refractivity contribution is 5.60. The van der Waals surface area contributed by atoms with Crippen LogP contribution >= 0.6 is 0 Å². The molecule has 0 unspecified atom stereocenters. The zero-order chi connectivity index (χ0) is 18.6. The lowest BCUT2D eigenvalue weighted by atomic mass is 10.0. The normalized spacial score (nSPS) is 14.0. The molecule has 3 rings (SSSR count). The fraction of sp³-hybridized carbons (Fsp3) is 0.368.